The molecule has 1 atom stereocenters. The molecule has 0 saturated carbocycles. The molecule has 1 N–H and O–H groups in total. The number of carboxylic acid groups (broad SMARTS) is 1. The van der Waals surface area contributed by atoms with Crippen molar-refractivity contribution in [2.24, 2.45) is 10.6 Å². The molecule has 15 heavy (non-hydrogen) atoms. The van der Waals surface area contributed by atoms with E-state index >= 15 is 0 Å². The molecule has 5 nitrogen and oxygen atoms in total. The zero-order valence-corrected chi connectivity index (χ0v) is 10.4. The Balaban J connectivity index is 4.77. The third-order valence-electron chi connectivity index (χ3n) is 2.47. The smallest absolute Gasteiger partial charge is 0.407 e. The van der Waals surface area contributed by atoms with Crippen molar-refractivity contribution in [1.29, 1.82) is 0 Å². The summed E-state index contributed by atoms with van der Waals surface area (Å²) in [6.07, 6.45) is 0.931. The molecule has 0 fully saturated rings. The number of amides is 1. The molecule has 0 aliphatic carbocycles. The lowest BCUT2D eigenvalue weighted by atomic mass is 9.85. The molecule has 0 aromatic heterocycles. The van der Waals surface area contributed by atoms with Gasteiger partial charge in [-0.1, -0.05) is 19.0 Å². The maximum Gasteiger partial charge on any atom is 0.407 e. The zero-order chi connectivity index (χ0) is 12.1. The van der Waals surface area contributed by atoms with Crippen LogP contribution in [0.1, 0.15) is 13.8 Å². The van der Waals surface area contributed by atoms with E-state index in [0.717, 1.165) is 0 Å². The van der Waals surface area contributed by atoms with Crippen LogP contribution in [0.3, 0.4) is 0 Å². The molecule has 0 spiro atoms. The summed E-state index contributed by atoms with van der Waals surface area (Å²) in [5.41, 5.74) is -0.433. The van der Waals surface area contributed by atoms with E-state index in [1.54, 1.807) is 11.8 Å². The van der Waals surface area contributed by atoms with Gasteiger partial charge in [-0.3, -0.25) is 0 Å². The summed E-state index contributed by atoms with van der Waals surface area (Å²) < 4.78 is 0. The van der Waals surface area contributed by atoms with E-state index in [4.69, 9.17) is 5.11 Å². The highest BCUT2D eigenvalue weighted by molar-refractivity contribution is 7.98. The molecule has 0 heterocycles. The Bertz CT molecular complexity index is 233. The van der Waals surface area contributed by atoms with Crippen LogP contribution in [0.25, 0.3) is 0 Å². The second kappa shape index (κ2) is 5.95. The second-order valence-corrected chi connectivity index (χ2v) is 5.05. The molecule has 0 aromatic carbocycles. The van der Waals surface area contributed by atoms with E-state index in [9.17, 15) is 9.70 Å². The fraction of sp³-hybridized carbons (Fsp3) is 0.889. The third kappa shape index (κ3) is 4.07. The molecule has 0 aliphatic rings. The average Bonchev–Trinajstić information content (AvgIpc) is 2.12. The quantitative estimate of drug-likeness (QED) is 0.715. The Morgan fingerprint density at radius 2 is 2.13 bits per heavy atom. The van der Waals surface area contributed by atoms with E-state index in [-0.39, 0.29) is 12.6 Å². The Morgan fingerprint density at radius 3 is 2.47 bits per heavy atom. The first kappa shape index (κ1) is 14.2. The largest absolute Gasteiger partial charge is 0.465 e. The number of nitrogens with zero attached hydrogens (tertiary/aromatic N) is 2. The van der Waals surface area contributed by atoms with Crippen LogP contribution in [0.5, 0.6) is 0 Å². The molecular weight excluding hydrogens is 216 g/mol. The molecule has 1 amide bonds. The number of carbonyl (C=O) groups is 1. The van der Waals surface area contributed by atoms with Gasteiger partial charge >= 0.3 is 6.09 Å². The van der Waals surface area contributed by atoms with Crippen molar-refractivity contribution in [3.63, 3.8) is 0 Å². The number of rotatable bonds is 6. The van der Waals surface area contributed by atoms with Gasteiger partial charge in [0.1, 0.15) is 0 Å². The minimum Gasteiger partial charge on any atom is -0.465 e. The van der Waals surface area contributed by atoms with E-state index in [1.165, 1.54) is 11.9 Å². The van der Waals surface area contributed by atoms with Crippen LogP contribution in [0.15, 0.2) is 5.18 Å². The van der Waals surface area contributed by atoms with Gasteiger partial charge in [-0.25, -0.2) is 4.79 Å². The summed E-state index contributed by atoms with van der Waals surface area (Å²) in [4.78, 5) is 22.4. The first-order valence-corrected chi connectivity index (χ1v) is 6.00. The average molecular weight is 234 g/mol. The van der Waals surface area contributed by atoms with Gasteiger partial charge in [0.25, 0.3) is 0 Å². The fourth-order valence-corrected chi connectivity index (χ4v) is 2.42. The number of nitroso groups, excluding NO2 is 1. The molecular formula is C9H18N2O3S. The van der Waals surface area contributed by atoms with Crippen molar-refractivity contribution in [3.05, 3.63) is 4.91 Å². The van der Waals surface area contributed by atoms with E-state index < -0.39 is 11.5 Å². The van der Waals surface area contributed by atoms with Gasteiger partial charge in [0.15, 0.2) is 0 Å². The molecule has 0 saturated heterocycles. The molecule has 0 rings (SSSR count). The van der Waals surface area contributed by atoms with Crippen molar-refractivity contribution in [1.82, 2.24) is 4.90 Å². The topological polar surface area (TPSA) is 70.0 Å². The zero-order valence-electron chi connectivity index (χ0n) is 9.56. The Hall–Kier alpha value is -0.780. The first-order chi connectivity index (χ1) is 6.86. The van der Waals surface area contributed by atoms with Gasteiger partial charge in [-0.2, -0.15) is 16.7 Å². The Labute approximate surface area is 94.2 Å². The lowest BCUT2D eigenvalue weighted by Crippen LogP contribution is -2.48. The molecule has 88 valence electrons. The van der Waals surface area contributed by atoms with E-state index in [1.807, 2.05) is 20.1 Å². The first-order valence-electron chi connectivity index (χ1n) is 4.60. The van der Waals surface area contributed by atoms with Gasteiger partial charge in [0, 0.05) is 18.2 Å². The van der Waals surface area contributed by atoms with Gasteiger partial charge in [0.05, 0.1) is 12.6 Å². The maximum absolute atomic E-state index is 10.9. The van der Waals surface area contributed by atoms with Crippen molar-refractivity contribution >= 4 is 17.9 Å². The molecule has 0 aliphatic heterocycles. The van der Waals surface area contributed by atoms with E-state index in [0.29, 0.717) is 5.75 Å². The Kier molecular flexibility index (Phi) is 5.64. The van der Waals surface area contributed by atoms with Crippen molar-refractivity contribution < 1.29 is 9.90 Å². The summed E-state index contributed by atoms with van der Waals surface area (Å²) in [7, 11) is 1.52. The predicted molar refractivity (Wildman–Crippen MR) is 62.4 cm³/mol. The number of hydrogen-bond donors (Lipinski definition) is 1. The van der Waals surface area contributed by atoms with Crippen molar-refractivity contribution in [2.75, 3.05) is 25.6 Å². The summed E-state index contributed by atoms with van der Waals surface area (Å²) in [5, 5.41) is 11.8. The van der Waals surface area contributed by atoms with Crippen molar-refractivity contribution in [3.8, 4) is 0 Å². The lowest BCUT2D eigenvalue weighted by molar-refractivity contribution is 0.105. The van der Waals surface area contributed by atoms with Crippen LogP contribution < -0.4 is 0 Å². The highest BCUT2D eigenvalue weighted by atomic mass is 32.2. The maximum atomic E-state index is 10.9. The van der Waals surface area contributed by atoms with Gasteiger partial charge in [0.2, 0.25) is 0 Å². The summed E-state index contributed by atoms with van der Waals surface area (Å²) in [5.74, 6) is 0.658. The van der Waals surface area contributed by atoms with Gasteiger partial charge in [-0.05, 0) is 6.26 Å². The SMILES string of the molecule is CSCC(N(C)C(=O)O)C(C)(C)CN=O. The standard InChI is InChI=1S/C9H18N2O3S/c1-9(2,6-10-14)7(5-15-4)11(3)8(12)13/h7H,5-6H2,1-4H3,(H,12,13). The van der Waals surface area contributed by atoms with Crippen LogP contribution >= 0.6 is 11.8 Å². The fourth-order valence-electron chi connectivity index (χ4n) is 1.42. The van der Waals surface area contributed by atoms with E-state index in [2.05, 4.69) is 5.18 Å². The van der Waals surface area contributed by atoms with Gasteiger partial charge < -0.3 is 10.0 Å². The second-order valence-electron chi connectivity index (χ2n) is 4.14. The normalized spacial score (nSPS) is 13.3. The predicted octanol–water partition coefficient (Wildman–Crippen LogP) is 2.12. The summed E-state index contributed by atoms with van der Waals surface area (Å²) in [6.45, 7) is 3.83. The van der Waals surface area contributed by atoms with Crippen molar-refractivity contribution in [2.45, 2.75) is 19.9 Å². The molecule has 0 aromatic rings. The minimum absolute atomic E-state index is 0.121. The Morgan fingerprint density at radius 1 is 1.60 bits per heavy atom. The number of thioether (sulfide) groups is 1. The highest BCUT2D eigenvalue weighted by Crippen LogP contribution is 2.27. The molecule has 0 bridgehead atoms. The minimum atomic E-state index is -0.979. The number of hydrogen-bond acceptors (Lipinski definition) is 4. The van der Waals surface area contributed by atoms with Crippen LogP contribution in [-0.4, -0.2) is 47.7 Å². The molecule has 1 unspecified atom stereocenters. The highest BCUT2D eigenvalue weighted by Gasteiger charge is 2.34. The molecule has 0 radical (unpaired) electrons. The summed E-state index contributed by atoms with van der Waals surface area (Å²) in [6, 6.07) is -0.206. The van der Waals surface area contributed by atoms with Crippen LogP contribution in [0, 0.1) is 10.3 Å². The third-order valence-corrected chi connectivity index (χ3v) is 3.12. The van der Waals surface area contributed by atoms with Crippen LogP contribution in [0.2, 0.25) is 0 Å². The summed E-state index contributed by atoms with van der Waals surface area (Å²) >= 11 is 1.56. The van der Waals surface area contributed by atoms with Gasteiger partial charge in [-0.15, -0.1) is 0 Å². The monoisotopic (exact) mass is 234 g/mol. The van der Waals surface area contributed by atoms with Crippen LogP contribution in [-0.2, 0) is 0 Å². The lowest BCUT2D eigenvalue weighted by Gasteiger charge is -2.37. The molecule has 6 heteroatoms. The van der Waals surface area contributed by atoms with Crippen LogP contribution in [0.4, 0.5) is 4.79 Å².